The molecule has 2 heterocycles. The van der Waals surface area contributed by atoms with Gasteiger partial charge in [0.15, 0.2) is 5.03 Å². The summed E-state index contributed by atoms with van der Waals surface area (Å²) in [7, 11) is -1.93. The van der Waals surface area contributed by atoms with Gasteiger partial charge >= 0.3 is 0 Å². The molecular weight excluding hydrogens is 485 g/mol. The number of carbonyl (C=O) groups excluding carboxylic acids is 1. The van der Waals surface area contributed by atoms with Crippen LogP contribution in [0.3, 0.4) is 0 Å². The normalized spacial score (nSPS) is 20.5. The molecule has 0 atom stereocenters. The Morgan fingerprint density at radius 1 is 1.06 bits per heavy atom. The van der Waals surface area contributed by atoms with Crippen LogP contribution in [0.1, 0.15) is 42.5 Å². The third kappa shape index (κ3) is 4.79. The van der Waals surface area contributed by atoms with Gasteiger partial charge in [-0.1, -0.05) is 60.7 Å². The Balaban J connectivity index is 1.52. The summed E-state index contributed by atoms with van der Waals surface area (Å²) in [6.45, 7) is 1.54. The topological polar surface area (TPSA) is 87.5 Å². The molecule has 1 aromatic heterocycles. The number of hydrogen-bond donors (Lipinski definition) is 1. The molecule has 0 radical (unpaired) electrons. The molecular formula is C22H29Cl2N5O3S. The highest BCUT2D eigenvalue weighted by atomic mass is 35.5. The van der Waals surface area contributed by atoms with Gasteiger partial charge in [0, 0.05) is 45.0 Å². The molecule has 1 aliphatic heterocycles. The lowest BCUT2D eigenvalue weighted by Gasteiger charge is -2.54. The molecule has 0 unspecified atom stereocenters. The third-order valence-electron chi connectivity index (χ3n) is 6.70. The van der Waals surface area contributed by atoms with E-state index >= 15 is 0 Å². The van der Waals surface area contributed by atoms with Crippen LogP contribution in [0.2, 0.25) is 0 Å². The van der Waals surface area contributed by atoms with Crippen LogP contribution >= 0.6 is 23.2 Å². The first-order valence-electron chi connectivity index (χ1n) is 11.1. The zero-order chi connectivity index (χ0) is 23.7. The van der Waals surface area contributed by atoms with Crippen LogP contribution in [0.4, 0.5) is 0 Å². The Morgan fingerprint density at radius 2 is 1.70 bits per heavy atom. The highest BCUT2D eigenvalue weighted by Crippen LogP contribution is 2.47. The molecule has 1 saturated carbocycles. The lowest BCUT2D eigenvalue weighted by molar-refractivity contribution is 0.00446. The molecule has 33 heavy (non-hydrogen) atoms. The summed E-state index contributed by atoms with van der Waals surface area (Å²) in [6.07, 6.45) is 7.39. The molecule has 0 bridgehead atoms. The Morgan fingerprint density at radius 3 is 2.27 bits per heavy atom. The number of carbonyl (C=O) groups is 1. The number of rotatable bonds is 6. The van der Waals surface area contributed by atoms with Gasteiger partial charge < -0.3 is 9.88 Å². The molecule has 1 aliphatic carbocycles. The minimum absolute atomic E-state index is 0.0463. The van der Waals surface area contributed by atoms with Gasteiger partial charge in [0.25, 0.3) is 15.9 Å². The number of imidazole rings is 1. The molecule has 2 aromatic rings. The number of halogens is 2. The number of sulfonamides is 1. The second-order valence-corrected chi connectivity index (χ2v) is 12.0. The molecule has 180 valence electrons. The van der Waals surface area contributed by atoms with Gasteiger partial charge in [-0.3, -0.25) is 9.69 Å². The quantitative estimate of drug-likeness (QED) is 0.473. The van der Waals surface area contributed by atoms with E-state index in [1.165, 1.54) is 16.8 Å². The van der Waals surface area contributed by atoms with Gasteiger partial charge in [-0.05, 0) is 25.0 Å². The van der Waals surface area contributed by atoms with Crippen LogP contribution in [0, 0.1) is 0 Å². The van der Waals surface area contributed by atoms with Crippen molar-refractivity contribution in [1.29, 1.82) is 0 Å². The molecule has 8 nitrogen and oxygen atoms in total. The van der Waals surface area contributed by atoms with Crippen LogP contribution in [-0.4, -0.2) is 69.3 Å². The van der Waals surface area contributed by atoms with E-state index in [9.17, 15) is 13.2 Å². The number of piperazine rings is 1. The van der Waals surface area contributed by atoms with Crippen molar-refractivity contribution in [3.63, 3.8) is 0 Å². The van der Waals surface area contributed by atoms with Crippen molar-refractivity contribution in [3.8, 4) is 0 Å². The minimum Gasteiger partial charge on any atom is -0.339 e. The number of nitrogens with one attached hydrogen (secondary N) is 1. The van der Waals surface area contributed by atoms with Gasteiger partial charge in [-0.15, -0.1) is 0 Å². The fourth-order valence-electron chi connectivity index (χ4n) is 4.90. The van der Waals surface area contributed by atoms with Crippen molar-refractivity contribution in [2.45, 2.75) is 47.1 Å². The van der Waals surface area contributed by atoms with Gasteiger partial charge in [0.05, 0.1) is 11.9 Å². The number of aromatic nitrogens is 2. The fourth-order valence-corrected chi connectivity index (χ4v) is 7.07. The average Bonchev–Trinajstić information content (AvgIpc) is 3.27. The minimum atomic E-state index is -3.67. The number of aryl methyl sites for hydroxylation is 1. The van der Waals surface area contributed by atoms with Crippen LogP contribution < -0.4 is 5.32 Å². The summed E-state index contributed by atoms with van der Waals surface area (Å²) in [5.41, 5.74) is -0.194. The number of hydrogen-bond acceptors (Lipinski definition) is 5. The van der Waals surface area contributed by atoms with Crippen LogP contribution in [0.5, 0.6) is 0 Å². The first-order chi connectivity index (χ1) is 15.7. The Kier molecular flexibility index (Phi) is 7.08. The zero-order valence-corrected chi connectivity index (χ0v) is 20.9. The van der Waals surface area contributed by atoms with Crippen molar-refractivity contribution >= 4 is 39.1 Å². The molecule has 2 aliphatic rings. The maximum Gasteiger partial charge on any atom is 0.262 e. The second kappa shape index (κ2) is 9.54. The van der Waals surface area contributed by atoms with E-state index in [4.69, 9.17) is 23.2 Å². The van der Waals surface area contributed by atoms with Gasteiger partial charge in [0.1, 0.15) is 0 Å². The van der Waals surface area contributed by atoms with Crippen molar-refractivity contribution in [1.82, 2.24) is 24.1 Å². The second-order valence-electron chi connectivity index (χ2n) is 8.76. The van der Waals surface area contributed by atoms with E-state index in [0.717, 1.165) is 32.1 Å². The highest BCUT2D eigenvalue weighted by molar-refractivity contribution is 7.89. The molecule has 2 fully saturated rings. The van der Waals surface area contributed by atoms with E-state index in [0.29, 0.717) is 31.7 Å². The Bertz CT molecular complexity index is 1080. The Hall–Kier alpha value is -1.65. The summed E-state index contributed by atoms with van der Waals surface area (Å²) >= 11 is 13.8. The zero-order valence-electron chi connectivity index (χ0n) is 18.6. The van der Waals surface area contributed by atoms with E-state index in [1.54, 1.807) is 35.9 Å². The molecule has 1 amide bonds. The number of amides is 1. The fraction of sp³-hybridized carbons (Fsp3) is 0.545. The predicted molar refractivity (Wildman–Crippen MR) is 128 cm³/mol. The smallest absolute Gasteiger partial charge is 0.262 e. The van der Waals surface area contributed by atoms with Crippen molar-refractivity contribution in [2.24, 2.45) is 7.05 Å². The van der Waals surface area contributed by atoms with Gasteiger partial charge in [-0.25, -0.2) is 13.4 Å². The molecule has 4 rings (SSSR count). The van der Waals surface area contributed by atoms with E-state index in [-0.39, 0.29) is 10.9 Å². The first-order valence-corrected chi connectivity index (χ1v) is 13.3. The number of benzene rings is 1. The van der Waals surface area contributed by atoms with Gasteiger partial charge in [-0.2, -0.15) is 4.31 Å². The lowest BCUT2D eigenvalue weighted by atomic mass is 9.79. The van der Waals surface area contributed by atoms with Gasteiger partial charge in [0.2, 0.25) is 4.46 Å². The summed E-state index contributed by atoms with van der Waals surface area (Å²) in [5, 5.41) is 2.90. The largest absolute Gasteiger partial charge is 0.339 e. The van der Waals surface area contributed by atoms with Crippen molar-refractivity contribution < 1.29 is 13.2 Å². The molecule has 1 N–H and O–H groups in total. The van der Waals surface area contributed by atoms with E-state index < -0.39 is 20.0 Å². The van der Waals surface area contributed by atoms with E-state index in [1.807, 2.05) is 6.07 Å². The molecule has 11 heteroatoms. The molecule has 1 saturated heterocycles. The highest BCUT2D eigenvalue weighted by Gasteiger charge is 2.55. The summed E-state index contributed by atoms with van der Waals surface area (Å²) in [5.74, 6) is -0.332. The number of alkyl halides is 2. The molecule has 0 spiro atoms. The van der Waals surface area contributed by atoms with E-state index in [2.05, 4.69) is 15.2 Å². The SMILES string of the molecule is Cn1cnc(S(=O)(=O)N2CCN(C3(C(Cl)(Cl)NC(=O)c4ccccc4)CCCCC3)CC2)c1. The standard InChI is InChI=1S/C22H29Cl2N5O3S/c1-27-16-19(25-17-27)33(31,32)29-14-12-28(13-15-29)21(10-6-3-7-11-21)22(23,24)26-20(30)18-8-4-2-5-9-18/h2,4-5,8-9,16-17H,3,6-7,10-15H2,1H3,(H,26,30). The molecule has 1 aromatic carbocycles. The maximum absolute atomic E-state index is 13.0. The van der Waals surface area contributed by atoms with Crippen LogP contribution in [-0.2, 0) is 17.1 Å². The van der Waals surface area contributed by atoms with Crippen molar-refractivity contribution in [2.75, 3.05) is 26.2 Å². The summed E-state index contributed by atoms with van der Waals surface area (Å²) in [6, 6.07) is 8.85. The Labute approximate surface area is 204 Å². The summed E-state index contributed by atoms with van der Waals surface area (Å²) < 4.78 is 27.5. The average molecular weight is 514 g/mol. The van der Waals surface area contributed by atoms with Crippen molar-refractivity contribution in [3.05, 3.63) is 48.4 Å². The van der Waals surface area contributed by atoms with Crippen LogP contribution in [0.15, 0.2) is 47.9 Å². The maximum atomic E-state index is 13.0. The number of nitrogens with zero attached hydrogens (tertiary/aromatic N) is 4. The lowest BCUT2D eigenvalue weighted by Crippen LogP contribution is -2.69. The first kappa shape index (κ1) is 24.5. The monoisotopic (exact) mass is 513 g/mol. The predicted octanol–water partition coefficient (Wildman–Crippen LogP) is 2.99. The van der Waals surface area contributed by atoms with Crippen LogP contribution in [0.25, 0.3) is 0 Å². The third-order valence-corrected chi connectivity index (χ3v) is 9.38. The summed E-state index contributed by atoms with van der Waals surface area (Å²) in [4.78, 5) is 19.1.